The maximum atomic E-state index is 12.4. The fraction of sp³-hybridized carbons (Fsp3) is 0.250. The fourth-order valence-corrected chi connectivity index (χ4v) is 2.88. The molecule has 3 rings (SSSR count). The maximum absolute atomic E-state index is 12.4. The van der Waals surface area contributed by atoms with Crippen LogP contribution in [0.25, 0.3) is 0 Å². The van der Waals surface area contributed by atoms with E-state index in [0.29, 0.717) is 0 Å². The van der Waals surface area contributed by atoms with E-state index < -0.39 is 0 Å². The van der Waals surface area contributed by atoms with Crippen molar-refractivity contribution >= 4 is 5.78 Å². The molecule has 0 aromatic heterocycles. The highest BCUT2D eigenvalue weighted by Gasteiger charge is 2.16. The second kappa shape index (κ2) is 6.18. The Morgan fingerprint density at radius 1 is 1.05 bits per heavy atom. The molecule has 0 bridgehead atoms. The van der Waals surface area contributed by atoms with Gasteiger partial charge in [0.1, 0.15) is 0 Å². The van der Waals surface area contributed by atoms with Gasteiger partial charge >= 0.3 is 0 Å². The van der Waals surface area contributed by atoms with Crippen LogP contribution < -0.4 is 0 Å². The summed E-state index contributed by atoms with van der Waals surface area (Å²) in [6, 6.07) is 16.3. The lowest BCUT2D eigenvalue weighted by atomic mass is 9.99. The molecular formula is C20H21NO. The molecule has 0 aliphatic carbocycles. The Hall–Kier alpha value is -2.35. The lowest BCUT2D eigenvalue weighted by Crippen LogP contribution is -2.29. The minimum absolute atomic E-state index is 0.0800. The maximum Gasteiger partial charge on any atom is 0.187 e. The molecule has 0 atom stereocenters. The molecule has 0 saturated heterocycles. The Morgan fingerprint density at radius 2 is 1.73 bits per heavy atom. The normalized spacial score (nSPS) is 14.6. The number of carbonyl (C=O) groups is 1. The molecule has 0 saturated carbocycles. The van der Waals surface area contributed by atoms with E-state index in [9.17, 15) is 4.79 Å². The third kappa shape index (κ3) is 3.11. The number of rotatable bonds is 3. The quantitative estimate of drug-likeness (QED) is 0.626. The molecule has 1 heterocycles. The van der Waals surface area contributed by atoms with Gasteiger partial charge in [-0.2, -0.15) is 0 Å². The summed E-state index contributed by atoms with van der Waals surface area (Å²) >= 11 is 0. The minimum atomic E-state index is 0.0800. The first kappa shape index (κ1) is 14.6. The molecule has 0 unspecified atom stereocenters. The first-order chi connectivity index (χ1) is 10.6. The summed E-state index contributed by atoms with van der Waals surface area (Å²) in [5, 5.41) is 0. The summed E-state index contributed by atoms with van der Waals surface area (Å²) in [6.07, 6.45) is 2.80. The third-order valence-electron chi connectivity index (χ3n) is 4.31. The van der Waals surface area contributed by atoms with E-state index in [4.69, 9.17) is 0 Å². The number of benzene rings is 2. The van der Waals surface area contributed by atoms with Crippen LogP contribution in [0.1, 0.15) is 34.0 Å². The van der Waals surface area contributed by atoms with Crippen LogP contribution >= 0.6 is 0 Å². The Kier molecular flexibility index (Phi) is 4.10. The predicted molar refractivity (Wildman–Crippen MR) is 89.8 cm³/mol. The monoisotopic (exact) mass is 291 g/mol. The van der Waals surface area contributed by atoms with Crippen molar-refractivity contribution in [2.24, 2.45) is 0 Å². The molecule has 0 fully saturated rings. The first-order valence-electron chi connectivity index (χ1n) is 7.74. The van der Waals surface area contributed by atoms with Crippen molar-refractivity contribution in [3.05, 3.63) is 82.6 Å². The molecule has 2 nitrogen and oxygen atoms in total. The first-order valence-corrected chi connectivity index (χ1v) is 7.74. The van der Waals surface area contributed by atoms with Gasteiger partial charge in [0.15, 0.2) is 5.78 Å². The minimum Gasteiger partial charge on any atom is -0.370 e. The van der Waals surface area contributed by atoms with Gasteiger partial charge in [0.05, 0.1) is 0 Å². The molecule has 0 N–H and O–H groups in total. The van der Waals surface area contributed by atoms with Crippen molar-refractivity contribution < 1.29 is 4.79 Å². The number of ketones is 1. The van der Waals surface area contributed by atoms with Crippen molar-refractivity contribution in [3.63, 3.8) is 0 Å². The topological polar surface area (TPSA) is 20.3 Å². The molecule has 2 heteroatoms. The van der Waals surface area contributed by atoms with E-state index >= 15 is 0 Å². The smallest absolute Gasteiger partial charge is 0.187 e. The average Bonchev–Trinajstić information content (AvgIpc) is 2.55. The predicted octanol–water partition coefficient (Wildman–Crippen LogP) is 4.14. The number of hydrogen-bond donors (Lipinski definition) is 0. The van der Waals surface area contributed by atoms with Gasteiger partial charge in [-0.1, -0.05) is 54.1 Å². The van der Waals surface area contributed by atoms with Gasteiger partial charge in [-0.25, -0.2) is 0 Å². The van der Waals surface area contributed by atoms with Crippen LogP contribution in [0.4, 0.5) is 0 Å². The Labute approximate surface area is 132 Å². The van der Waals surface area contributed by atoms with Gasteiger partial charge < -0.3 is 4.90 Å². The third-order valence-corrected chi connectivity index (χ3v) is 4.31. The number of aryl methyl sites for hydroxylation is 1. The SMILES string of the molecule is C/C(=C/C(=O)c1ccc(C)cc1)N1CCc2ccccc2C1. The Balaban J connectivity index is 1.75. The molecule has 2 aromatic rings. The van der Waals surface area contributed by atoms with Crippen LogP contribution in [-0.2, 0) is 13.0 Å². The zero-order valence-corrected chi connectivity index (χ0v) is 13.2. The van der Waals surface area contributed by atoms with Crippen LogP contribution in [0, 0.1) is 6.92 Å². The van der Waals surface area contributed by atoms with Crippen LogP contribution in [0.2, 0.25) is 0 Å². The van der Waals surface area contributed by atoms with E-state index in [1.165, 1.54) is 16.7 Å². The van der Waals surface area contributed by atoms with E-state index in [1.54, 1.807) is 6.08 Å². The summed E-state index contributed by atoms with van der Waals surface area (Å²) < 4.78 is 0. The standard InChI is InChI=1S/C20H21NO/c1-15-7-9-18(10-8-15)20(22)13-16(2)21-12-11-17-5-3-4-6-19(17)14-21/h3-10,13H,11-12,14H2,1-2H3/b16-13-. The molecule has 0 spiro atoms. The van der Waals surface area contributed by atoms with Gasteiger partial charge in [-0.15, -0.1) is 0 Å². The fourth-order valence-electron chi connectivity index (χ4n) is 2.88. The number of hydrogen-bond acceptors (Lipinski definition) is 2. The lowest BCUT2D eigenvalue weighted by molar-refractivity contribution is 0.104. The van der Waals surface area contributed by atoms with Crippen LogP contribution in [-0.4, -0.2) is 17.2 Å². The highest BCUT2D eigenvalue weighted by atomic mass is 16.1. The van der Waals surface area contributed by atoms with Crippen LogP contribution in [0.3, 0.4) is 0 Å². The van der Waals surface area contributed by atoms with E-state index in [0.717, 1.165) is 30.8 Å². The second-order valence-corrected chi connectivity index (χ2v) is 5.96. The highest BCUT2D eigenvalue weighted by Crippen LogP contribution is 2.21. The lowest BCUT2D eigenvalue weighted by Gasteiger charge is -2.31. The van der Waals surface area contributed by atoms with E-state index in [2.05, 4.69) is 29.2 Å². The van der Waals surface area contributed by atoms with E-state index in [1.807, 2.05) is 38.1 Å². The summed E-state index contributed by atoms with van der Waals surface area (Å²) in [5.41, 5.74) is 5.76. The molecule has 0 amide bonds. The number of nitrogens with zero attached hydrogens (tertiary/aromatic N) is 1. The molecule has 1 aliphatic heterocycles. The van der Waals surface area contributed by atoms with Crippen LogP contribution in [0.15, 0.2) is 60.3 Å². The van der Waals surface area contributed by atoms with Gasteiger partial charge in [0.25, 0.3) is 0 Å². The van der Waals surface area contributed by atoms with Crippen molar-refractivity contribution in [2.45, 2.75) is 26.8 Å². The Morgan fingerprint density at radius 3 is 2.45 bits per heavy atom. The molecular weight excluding hydrogens is 270 g/mol. The van der Waals surface area contributed by atoms with Crippen molar-refractivity contribution in [1.82, 2.24) is 4.90 Å². The number of allylic oxidation sites excluding steroid dienone is 2. The molecule has 1 aliphatic rings. The van der Waals surface area contributed by atoms with Gasteiger partial charge in [-0.05, 0) is 31.4 Å². The van der Waals surface area contributed by atoms with Crippen molar-refractivity contribution in [3.8, 4) is 0 Å². The molecule has 112 valence electrons. The van der Waals surface area contributed by atoms with Gasteiger partial charge in [0.2, 0.25) is 0 Å². The molecule has 0 radical (unpaired) electrons. The van der Waals surface area contributed by atoms with Crippen LogP contribution in [0.5, 0.6) is 0 Å². The Bertz CT molecular complexity index is 713. The summed E-state index contributed by atoms with van der Waals surface area (Å²) in [5.74, 6) is 0.0800. The van der Waals surface area contributed by atoms with E-state index in [-0.39, 0.29) is 5.78 Å². The zero-order valence-electron chi connectivity index (χ0n) is 13.2. The highest BCUT2D eigenvalue weighted by molar-refractivity contribution is 6.04. The average molecular weight is 291 g/mol. The summed E-state index contributed by atoms with van der Waals surface area (Å²) in [7, 11) is 0. The number of fused-ring (bicyclic) bond motifs is 1. The number of carbonyl (C=O) groups excluding carboxylic acids is 1. The van der Waals surface area contributed by atoms with Crippen molar-refractivity contribution in [1.29, 1.82) is 0 Å². The van der Waals surface area contributed by atoms with Gasteiger partial charge in [0, 0.05) is 30.4 Å². The van der Waals surface area contributed by atoms with Crippen molar-refractivity contribution in [2.75, 3.05) is 6.54 Å². The molecule has 2 aromatic carbocycles. The largest absolute Gasteiger partial charge is 0.370 e. The second-order valence-electron chi connectivity index (χ2n) is 5.96. The summed E-state index contributed by atoms with van der Waals surface area (Å²) in [4.78, 5) is 14.6. The zero-order chi connectivity index (χ0) is 15.5. The summed E-state index contributed by atoms with van der Waals surface area (Å²) in [6.45, 7) is 5.92. The van der Waals surface area contributed by atoms with Gasteiger partial charge in [-0.3, -0.25) is 4.79 Å². The molecule has 22 heavy (non-hydrogen) atoms.